The van der Waals surface area contributed by atoms with Crippen molar-refractivity contribution in [2.24, 2.45) is 0 Å². The second kappa shape index (κ2) is 13.9. The summed E-state index contributed by atoms with van der Waals surface area (Å²) in [4.78, 5) is 12.9. The van der Waals surface area contributed by atoms with Gasteiger partial charge in [0.15, 0.2) is 0 Å². The van der Waals surface area contributed by atoms with Gasteiger partial charge in [0, 0.05) is 30.2 Å². The van der Waals surface area contributed by atoms with Crippen LogP contribution in [0.15, 0.2) is 91.1 Å². The van der Waals surface area contributed by atoms with Gasteiger partial charge in [-0.25, -0.2) is 0 Å². The van der Waals surface area contributed by atoms with Gasteiger partial charge in [-0.1, -0.05) is 66.4 Å². The summed E-state index contributed by atoms with van der Waals surface area (Å²) in [5.74, 6) is 6.07. The Kier molecular flexibility index (Phi) is 8.57. The summed E-state index contributed by atoms with van der Waals surface area (Å²) in [5.41, 5.74) is 5.66. The molecule has 1 radical (unpaired) electrons. The number of hydrogen-bond donors (Lipinski definition) is 1. The largest absolute Gasteiger partial charge is 0 e. The Morgan fingerprint density at radius 3 is 2.41 bits per heavy atom. The fraction of sp³-hybridized carbons (Fsp3) is 0.190. The predicted molar refractivity (Wildman–Crippen MR) is 206 cm³/mol. The molecule has 0 unspecified atom stereocenters. The van der Waals surface area contributed by atoms with Crippen LogP contribution in [0.3, 0.4) is 0 Å². The van der Waals surface area contributed by atoms with Crippen LogP contribution in [0.25, 0.3) is 64.6 Å². The Labute approximate surface area is 313 Å². The SMILES string of the molecule is Cc1c[c-]c(-c2nc3ccc4ccccc4c3[nH]2)c2sc3ccccc3c12.[2H]C([2H])([2H])c1c[c-]c(-c2cc(C([2H])(C)C)[c]([Ge]([CH3])([CH3])[CH3])cn2)c(F)c1.[Ir]. The molecule has 249 valence electrons. The number of fused-ring (bicyclic) bond motifs is 6. The molecule has 0 amide bonds. The van der Waals surface area contributed by atoms with E-state index < -0.39 is 31.8 Å². The molecular weight excluding hydrogens is 862 g/mol. The van der Waals surface area contributed by atoms with Gasteiger partial charge < -0.3 is 4.98 Å². The first-order valence-electron chi connectivity index (χ1n) is 17.9. The fourth-order valence-electron chi connectivity index (χ4n) is 6.25. The van der Waals surface area contributed by atoms with Crippen LogP contribution in [0.1, 0.15) is 41.9 Å². The Morgan fingerprint density at radius 1 is 0.939 bits per heavy atom. The number of aryl methyl sites for hydroxylation is 2. The zero-order chi connectivity index (χ0) is 37.2. The second-order valence-corrected chi connectivity index (χ2v) is 25.0. The molecule has 8 rings (SSSR count). The van der Waals surface area contributed by atoms with Crippen molar-refractivity contribution in [3.63, 3.8) is 0 Å². The molecule has 0 saturated carbocycles. The molecular formula is C42H38FGeIrN3S-2. The molecule has 49 heavy (non-hydrogen) atoms. The molecule has 1 N–H and O–H groups in total. The topological polar surface area (TPSA) is 41.6 Å². The minimum Gasteiger partial charge on any atom is 0 e. The zero-order valence-electron chi connectivity index (χ0n) is 32.2. The van der Waals surface area contributed by atoms with Crippen LogP contribution in [0, 0.1) is 31.7 Å². The average Bonchev–Trinajstić information content (AvgIpc) is 3.70. The van der Waals surface area contributed by atoms with E-state index in [2.05, 4.69) is 113 Å². The molecule has 0 spiro atoms. The van der Waals surface area contributed by atoms with E-state index in [1.54, 1.807) is 26.1 Å². The third-order valence-electron chi connectivity index (χ3n) is 8.67. The number of imidazole rings is 1. The molecule has 0 atom stereocenters. The summed E-state index contributed by atoms with van der Waals surface area (Å²) in [6.45, 7) is 3.40. The van der Waals surface area contributed by atoms with Crippen LogP contribution >= 0.6 is 11.3 Å². The van der Waals surface area contributed by atoms with E-state index in [0.717, 1.165) is 38.4 Å². The normalized spacial score (nSPS) is 13.4. The molecule has 0 aliphatic heterocycles. The van der Waals surface area contributed by atoms with Gasteiger partial charge in [-0.05, 0) is 27.6 Å². The van der Waals surface area contributed by atoms with Crippen molar-refractivity contribution < 1.29 is 30.0 Å². The van der Waals surface area contributed by atoms with Gasteiger partial charge in [0.25, 0.3) is 0 Å². The molecule has 3 aromatic heterocycles. The first-order valence-corrected chi connectivity index (χ1v) is 24.1. The van der Waals surface area contributed by atoms with Gasteiger partial charge in [0.05, 0.1) is 16.9 Å². The van der Waals surface area contributed by atoms with Crippen LogP contribution in [0.2, 0.25) is 17.3 Å². The summed E-state index contributed by atoms with van der Waals surface area (Å²) in [7, 11) is 0. The van der Waals surface area contributed by atoms with E-state index in [4.69, 9.17) is 10.5 Å². The Bertz CT molecular complexity index is 2640. The number of pyridine rings is 1. The molecule has 0 aliphatic rings. The van der Waals surface area contributed by atoms with Crippen LogP contribution in [0.5, 0.6) is 0 Å². The van der Waals surface area contributed by atoms with Crippen LogP contribution in [-0.2, 0) is 20.1 Å². The van der Waals surface area contributed by atoms with Gasteiger partial charge >= 0.3 is 135 Å². The summed E-state index contributed by atoms with van der Waals surface area (Å²) in [6.07, 6.45) is 1.76. The summed E-state index contributed by atoms with van der Waals surface area (Å²) in [6, 6.07) is 33.6. The number of rotatable bonds is 4. The number of aromatic nitrogens is 3. The van der Waals surface area contributed by atoms with Crippen LogP contribution < -0.4 is 4.40 Å². The maximum absolute atomic E-state index is 14.5. The number of halogens is 1. The number of H-pyrrole nitrogens is 1. The van der Waals surface area contributed by atoms with Crippen molar-refractivity contribution >= 4 is 71.0 Å². The monoisotopic (exact) mass is 906 g/mol. The molecule has 3 nitrogen and oxygen atoms in total. The van der Waals surface area contributed by atoms with Gasteiger partial charge in [-0.3, -0.25) is 4.98 Å². The van der Waals surface area contributed by atoms with E-state index in [1.165, 1.54) is 42.6 Å². The Morgan fingerprint density at radius 2 is 1.67 bits per heavy atom. The maximum atomic E-state index is 14.5. The summed E-state index contributed by atoms with van der Waals surface area (Å²) >= 11 is -0.431. The smallest absolute Gasteiger partial charge is 0 e. The van der Waals surface area contributed by atoms with Gasteiger partial charge in [-0.15, -0.1) is 17.7 Å². The van der Waals surface area contributed by atoms with Crippen molar-refractivity contribution in [1.29, 1.82) is 0 Å². The van der Waals surface area contributed by atoms with E-state index in [0.29, 0.717) is 5.69 Å². The van der Waals surface area contributed by atoms with Crippen molar-refractivity contribution in [2.45, 2.75) is 50.8 Å². The first-order chi connectivity index (χ1) is 24.5. The Hall–Kier alpha value is -3.68. The van der Waals surface area contributed by atoms with Gasteiger partial charge in [0.1, 0.15) is 0 Å². The molecule has 0 saturated heterocycles. The van der Waals surface area contributed by atoms with E-state index in [9.17, 15) is 4.39 Å². The average molecular weight is 905 g/mol. The van der Waals surface area contributed by atoms with Crippen molar-refractivity contribution in [1.82, 2.24) is 15.0 Å². The van der Waals surface area contributed by atoms with Crippen molar-refractivity contribution in [3.05, 3.63) is 126 Å². The van der Waals surface area contributed by atoms with Crippen molar-refractivity contribution in [2.75, 3.05) is 0 Å². The third kappa shape index (κ3) is 6.77. The first kappa shape index (κ1) is 30.2. The summed E-state index contributed by atoms with van der Waals surface area (Å²) in [5, 5.41) is 5.05. The minimum atomic E-state index is -2.37. The number of nitrogens with one attached hydrogen (secondary N) is 1. The number of nitrogens with zero attached hydrogens (tertiary/aromatic N) is 2. The van der Waals surface area contributed by atoms with E-state index in [-0.39, 0.29) is 31.2 Å². The third-order valence-corrected chi connectivity index (χ3v) is 14.1. The number of thiophene rings is 1. The van der Waals surface area contributed by atoms with Gasteiger partial charge in [-0.2, -0.15) is 11.3 Å². The van der Waals surface area contributed by atoms with E-state index >= 15 is 0 Å². The maximum Gasteiger partial charge on any atom is 0 e. The molecule has 8 aromatic rings. The molecule has 3 heterocycles. The zero-order valence-corrected chi connectivity index (χ0v) is 33.5. The standard InChI is InChI=1S/C24H15N2S.C18H23FGeN.Ir/c1-14-10-12-18(23-21(14)17-8-4-5-9-20(17)27-23)24-25-19-13-11-15-6-2-3-7-16(15)22(19)26-24;1-12(2)15-10-18(21-11-17(15)20(4,5)6)14-8-7-13(3)9-16(14)19;/h2-11,13H,1H3,(H,25,26);7,9-12H,1-6H3;/q2*-1;/i;3D3,12D;. The quantitative estimate of drug-likeness (QED) is 0.141. The van der Waals surface area contributed by atoms with Crippen LogP contribution in [0.4, 0.5) is 4.39 Å². The number of benzene rings is 5. The minimum absolute atomic E-state index is 0. The number of aromatic amines is 1. The second-order valence-electron chi connectivity index (χ2n) is 13.4. The van der Waals surface area contributed by atoms with Crippen molar-refractivity contribution in [3.8, 4) is 22.6 Å². The molecule has 0 aliphatic carbocycles. The molecule has 0 bridgehead atoms. The van der Waals surface area contributed by atoms with E-state index in [1.807, 2.05) is 11.3 Å². The van der Waals surface area contributed by atoms with Crippen LogP contribution in [-0.4, -0.2) is 28.2 Å². The predicted octanol–water partition coefficient (Wildman–Crippen LogP) is 11.5. The van der Waals surface area contributed by atoms with Gasteiger partial charge in [0.2, 0.25) is 0 Å². The number of hydrogen-bond acceptors (Lipinski definition) is 3. The Balaban J connectivity index is 0.000000179. The molecule has 7 heteroatoms. The summed E-state index contributed by atoms with van der Waals surface area (Å²) < 4.78 is 48.7. The fourth-order valence-corrected chi connectivity index (χ4v) is 10.8. The molecule has 0 fully saturated rings. The molecule has 5 aromatic carbocycles.